The molecule has 1 amide bonds. The standard InChI is InChI=1S/C22H17N3O3S/c1-13-5-3-7-15-16(11-18(24-19(13)15)14-6-4-9-23-12-14)21(26)25-17-8-10-29-20(17)22(27)28-2/h3-12H,1-2H3,(H,25,26). The molecule has 0 aliphatic heterocycles. The lowest BCUT2D eigenvalue weighted by atomic mass is 10.0. The lowest BCUT2D eigenvalue weighted by molar-refractivity contribution is 0.0607. The van der Waals surface area contributed by atoms with Crippen LogP contribution in [0.5, 0.6) is 0 Å². The van der Waals surface area contributed by atoms with Crippen LogP contribution in [0.1, 0.15) is 25.6 Å². The molecule has 1 aromatic carbocycles. The first-order valence-corrected chi connectivity index (χ1v) is 9.74. The minimum atomic E-state index is -0.484. The third-order valence-electron chi connectivity index (χ3n) is 4.53. The van der Waals surface area contributed by atoms with E-state index in [1.54, 1.807) is 29.9 Å². The van der Waals surface area contributed by atoms with Crippen molar-refractivity contribution in [1.29, 1.82) is 0 Å². The number of esters is 1. The summed E-state index contributed by atoms with van der Waals surface area (Å²) in [6, 6.07) is 12.9. The van der Waals surface area contributed by atoms with Crippen LogP contribution < -0.4 is 5.32 Å². The molecule has 0 atom stereocenters. The van der Waals surface area contributed by atoms with Crippen molar-refractivity contribution in [2.24, 2.45) is 0 Å². The van der Waals surface area contributed by atoms with Gasteiger partial charge in [-0.05, 0) is 42.1 Å². The van der Waals surface area contributed by atoms with Gasteiger partial charge in [0.1, 0.15) is 4.88 Å². The third-order valence-corrected chi connectivity index (χ3v) is 5.42. The van der Waals surface area contributed by atoms with Crippen LogP contribution in [0.15, 0.2) is 60.2 Å². The number of hydrogen-bond acceptors (Lipinski definition) is 6. The highest BCUT2D eigenvalue weighted by Gasteiger charge is 2.19. The zero-order valence-corrected chi connectivity index (χ0v) is 16.6. The number of amides is 1. The van der Waals surface area contributed by atoms with E-state index in [1.807, 2.05) is 37.3 Å². The normalized spacial score (nSPS) is 10.7. The Balaban J connectivity index is 1.82. The number of methoxy groups -OCH3 is 1. The van der Waals surface area contributed by atoms with E-state index in [4.69, 9.17) is 9.72 Å². The van der Waals surface area contributed by atoms with Crippen molar-refractivity contribution in [3.05, 3.63) is 76.2 Å². The fourth-order valence-corrected chi connectivity index (χ4v) is 3.86. The minimum Gasteiger partial charge on any atom is -0.465 e. The Bertz CT molecular complexity index is 1220. The molecule has 0 unspecified atom stereocenters. The Morgan fingerprint density at radius 1 is 1.14 bits per heavy atom. The first-order valence-electron chi connectivity index (χ1n) is 8.86. The number of para-hydroxylation sites is 1. The molecule has 0 saturated carbocycles. The van der Waals surface area contributed by atoms with Crippen molar-refractivity contribution >= 4 is 39.8 Å². The number of nitrogens with one attached hydrogen (secondary N) is 1. The molecule has 4 rings (SSSR count). The molecule has 0 fully saturated rings. The van der Waals surface area contributed by atoms with Crippen molar-refractivity contribution in [2.75, 3.05) is 12.4 Å². The second kappa shape index (κ2) is 7.81. The van der Waals surface area contributed by atoms with Gasteiger partial charge in [0.25, 0.3) is 5.91 Å². The van der Waals surface area contributed by atoms with Crippen LogP contribution in [-0.4, -0.2) is 29.0 Å². The molecule has 0 radical (unpaired) electrons. The maximum absolute atomic E-state index is 13.2. The van der Waals surface area contributed by atoms with Gasteiger partial charge in [-0.15, -0.1) is 11.3 Å². The SMILES string of the molecule is COC(=O)c1sccc1NC(=O)c1cc(-c2cccnc2)nc2c(C)cccc12. The van der Waals surface area contributed by atoms with Crippen molar-refractivity contribution in [2.45, 2.75) is 6.92 Å². The van der Waals surface area contributed by atoms with E-state index < -0.39 is 5.97 Å². The van der Waals surface area contributed by atoms with Gasteiger partial charge in [0.05, 0.1) is 29.6 Å². The van der Waals surface area contributed by atoms with Gasteiger partial charge in [0.15, 0.2) is 0 Å². The van der Waals surface area contributed by atoms with Gasteiger partial charge in [-0.1, -0.05) is 18.2 Å². The maximum Gasteiger partial charge on any atom is 0.350 e. The molecular weight excluding hydrogens is 386 g/mol. The summed E-state index contributed by atoms with van der Waals surface area (Å²) >= 11 is 1.22. The number of aromatic nitrogens is 2. The van der Waals surface area contributed by atoms with Crippen LogP contribution in [-0.2, 0) is 4.74 Å². The fraction of sp³-hybridized carbons (Fsp3) is 0.0909. The number of carbonyl (C=O) groups excluding carboxylic acids is 2. The molecule has 0 spiro atoms. The number of thiophene rings is 1. The average molecular weight is 403 g/mol. The van der Waals surface area contributed by atoms with E-state index in [0.29, 0.717) is 21.8 Å². The molecule has 4 aromatic rings. The summed E-state index contributed by atoms with van der Waals surface area (Å²) in [6.45, 7) is 1.96. The molecular formula is C22H17N3O3S. The zero-order valence-electron chi connectivity index (χ0n) is 15.8. The van der Waals surface area contributed by atoms with E-state index in [-0.39, 0.29) is 5.91 Å². The first-order chi connectivity index (χ1) is 14.1. The number of fused-ring (bicyclic) bond motifs is 1. The molecule has 144 valence electrons. The van der Waals surface area contributed by atoms with Crippen molar-refractivity contribution in [1.82, 2.24) is 9.97 Å². The number of aryl methyl sites for hydroxylation is 1. The number of carbonyl (C=O) groups is 2. The number of rotatable bonds is 4. The lowest BCUT2D eigenvalue weighted by Crippen LogP contribution is -2.15. The number of pyridine rings is 2. The molecule has 29 heavy (non-hydrogen) atoms. The Morgan fingerprint density at radius 3 is 2.76 bits per heavy atom. The Morgan fingerprint density at radius 2 is 2.00 bits per heavy atom. The molecule has 0 aliphatic carbocycles. The molecule has 0 aliphatic rings. The molecule has 1 N–H and O–H groups in total. The van der Waals surface area contributed by atoms with Gasteiger partial charge in [-0.2, -0.15) is 0 Å². The summed E-state index contributed by atoms with van der Waals surface area (Å²) in [5.41, 5.74) is 4.08. The molecule has 0 saturated heterocycles. The highest BCUT2D eigenvalue weighted by atomic mass is 32.1. The van der Waals surface area contributed by atoms with Crippen LogP contribution in [0, 0.1) is 6.92 Å². The highest BCUT2D eigenvalue weighted by molar-refractivity contribution is 7.12. The quantitative estimate of drug-likeness (QED) is 0.499. The predicted molar refractivity (Wildman–Crippen MR) is 113 cm³/mol. The summed E-state index contributed by atoms with van der Waals surface area (Å²) in [4.78, 5) is 34.4. The van der Waals surface area contributed by atoms with Crippen molar-refractivity contribution in [3.8, 4) is 11.3 Å². The van der Waals surface area contributed by atoms with Crippen LogP contribution >= 0.6 is 11.3 Å². The number of nitrogens with zero attached hydrogens (tertiary/aromatic N) is 2. The molecule has 3 aromatic heterocycles. The maximum atomic E-state index is 13.2. The van der Waals surface area contributed by atoms with Gasteiger partial charge >= 0.3 is 5.97 Å². The molecule has 6 nitrogen and oxygen atoms in total. The van der Waals surface area contributed by atoms with Gasteiger partial charge in [0, 0.05) is 23.3 Å². The largest absolute Gasteiger partial charge is 0.465 e. The Kier molecular flexibility index (Phi) is 5.05. The van der Waals surface area contributed by atoms with Crippen LogP contribution in [0.4, 0.5) is 5.69 Å². The van der Waals surface area contributed by atoms with E-state index in [9.17, 15) is 9.59 Å². The van der Waals surface area contributed by atoms with Gasteiger partial charge in [-0.25, -0.2) is 9.78 Å². The minimum absolute atomic E-state index is 0.323. The summed E-state index contributed by atoms with van der Waals surface area (Å²) in [6.07, 6.45) is 3.40. The smallest absolute Gasteiger partial charge is 0.350 e. The number of hydrogen-bond donors (Lipinski definition) is 1. The summed E-state index contributed by atoms with van der Waals surface area (Å²) in [5.74, 6) is -0.807. The highest BCUT2D eigenvalue weighted by Crippen LogP contribution is 2.29. The summed E-state index contributed by atoms with van der Waals surface area (Å²) in [7, 11) is 1.31. The second-order valence-corrected chi connectivity index (χ2v) is 7.29. The number of anilines is 1. The second-order valence-electron chi connectivity index (χ2n) is 6.38. The van der Waals surface area contributed by atoms with E-state index >= 15 is 0 Å². The molecule has 0 bridgehead atoms. The van der Waals surface area contributed by atoms with Gasteiger partial charge < -0.3 is 10.1 Å². The van der Waals surface area contributed by atoms with Gasteiger partial charge in [0.2, 0.25) is 0 Å². The number of ether oxygens (including phenoxy) is 1. The predicted octanol–water partition coefficient (Wildman–Crippen LogP) is 4.71. The molecule has 7 heteroatoms. The van der Waals surface area contributed by atoms with Crippen molar-refractivity contribution < 1.29 is 14.3 Å². The third kappa shape index (κ3) is 3.60. The van der Waals surface area contributed by atoms with Crippen molar-refractivity contribution in [3.63, 3.8) is 0 Å². The van der Waals surface area contributed by atoms with E-state index in [1.165, 1.54) is 18.4 Å². The fourth-order valence-electron chi connectivity index (χ4n) is 3.09. The summed E-state index contributed by atoms with van der Waals surface area (Å²) in [5, 5.41) is 5.31. The molecule has 3 heterocycles. The average Bonchev–Trinajstić information content (AvgIpc) is 3.21. The monoisotopic (exact) mass is 403 g/mol. The Hall–Kier alpha value is -3.58. The van der Waals surface area contributed by atoms with Gasteiger partial charge in [-0.3, -0.25) is 9.78 Å². The topological polar surface area (TPSA) is 81.2 Å². The Labute approximate surface area is 171 Å². The van der Waals surface area contributed by atoms with E-state index in [0.717, 1.165) is 22.0 Å². The lowest BCUT2D eigenvalue weighted by Gasteiger charge is -2.12. The van der Waals surface area contributed by atoms with Crippen LogP contribution in [0.3, 0.4) is 0 Å². The van der Waals surface area contributed by atoms with E-state index in [2.05, 4.69) is 10.3 Å². The zero-order chi connectivity index (χ0) is 20.4. The first kappa shape index (κ1) is 18.8. The summed E-state index contributed by atoms with van der Waals surface area (Å²) < 4.78 is 4.79. The van der Waals surface area contributed by atoms with Crippen LogP contribution in [0.25, 0.3) is 22.2 Å². The number of benzene rings is 1. The van der Waals surface area contributed by atoms with Crippen LogP contribution in [0.2, 0.25) is 0 Å².